The highest BCUT2D eigenvalue weighted by Crippen LogP contribution is 2.24. The molecule has 25 heavy (non-hydrogen) atoms. The van der Waals surface area contributed by atoms with Crippen LogP contribution in [0.25, 0.3) is 0 Å². The van der Waals surface area contributed by atoms with Crippen molar-refractivity contribution >= 4 is 21.6 Å². The summed E-state index contributed by atoms with van der Waals surface area (Å²) in [5.41, 5.74) is 2.49. The molecule has 1 unspecified atom stereocenters. The smallest absolute Gasteiger partial charge is 0.246 e. The molecule has 0 radical (unpaired) electrons. The van der Waals surface area contributed by atoms with Crippen LogP contribution in [0.2, 0.25) is 0 Å². The Balaban J connectivity index is 2.27. The standard InChI is InChI=1S/C18H29N3O3S/c1-6-19-7-9-20(10-8-19)18(22)16(4)21(25(5,23)24)17-12-14(2)11-15(3)13-17/h11-13,16H,6-10H2,1-5H3. The quantitative estimate of drug-likeness (QED) is 0.793. The van der Waals surface area contributed by atoms with Gasteiger partial charge in [-0.2, -0.15) is 0 Å². The summed E-state index contributed by atoms with van der Waals surface area (Å²) in [4.78, 5) is 17.0. The van der Waals surface area contributed by atoms with Gasteiger partial charge in [0.05, 0.1) is 11.9 Å². The normalized spacial score (nSPS) is 17.4. The predicted molar refractivity (Wildman–Crippen MR) is 101 cm³/mol. The maximum atomic E-state index is 12.9. The fraction of sp³-hybridized carbons (Fsp3) is 0.611. The Morgan fingerprint density at radius 2 is 1.64 bits per heavy atom. The topological polar surface area (TPSA) is 60.9 Å². The minimum Gasteiger partial charge on any atom is -0.338 e. The first-order valence-corrected chi connectivity index (χ1v) is 10.6. The maximum Gasteiger partial charge on any atom is 0.246 e. The zero-order valence-electron chi connectivity index (χ0n) is 15.8. The molecule has 1 saturated heterocycles. The van der Waals surface area contributed by atoms with E-state index in [9.17, 15) is 13.2 Å². The van der Waals surface area contributed by atoms with Gasteiger partial charge in [0.1, 0.15) is 6.04 Å². The molecule has 6 nitrogen and oxygen atoms in total. The highest BCUT2D eigenvalue weighted by Gasteiger charge is 2.33. The monoisotopic (exact) mass is 367 g/mol. The second-order valence-corrected chi connectivity index (χ2v) is 8.70. The third-order valence-corrected chi connectivity index (χ3v) is 5.90. The molecule has 0 spiro atoms. The minimum atomic E-state index is -3.57. The Morgan fingerprint density at radius 3 is 2.08 bits per heavy atom. The molecule has 140 valence electrons. The number of likely N-dealkylation sites (N-methyl/N-ethyl adjacent to an activating group) is 1. The number of hydrogen-bond donors (Lipinski definition) is 0. The molecule has 1 aromatic rings. The van der Waals surface area contributed by atoms with Gasteiger partial charge in [0.2, 0.25) is 15.9 Å². The lowest BCUT2D eigenvalue weighted by Gasteiger charge is -2.37. The number of rotatable bonds is 5. The van der Waals surface area contributed by atoms with Crippen molar-refractivity contribution in [2.75, 3.05) is 43.3 Å². The summed E-state index contributed by atoms with van der Waals surface area (Å²) in [5.74, 6) is -0.139. The zero-order valence-corrected chi connectivity index (χ0v) is 16.6. The van der Waals surface area contributed by atoms with Crippen molar-refractivity contribution in [2.45, 2.75) is 33.7 Å². The van der Waals surface area contributed by atoms with Crippen molar-refractivity contribution in [1.82, 2.24) is 9.80 Å². The molecule has 1 atom stereocenters. The van der Waals surface area contributed by atoms with Gasteiger partial charge in [-0.05, 0) is 50.6 Å². The lowest BCUT2D eigenvalue weighted by Crippen LogP contribution is -2.55. The number of carbonyl (C=O) groups is 1. The molecule has 1 amide bonds. The summed E-state index contributed by atoms with van der Waals surface area (Å²) in [6, 6.07) is 4.85. The second-order valence-electron chi connectivity index (χ2n) is 6.84. The second kappa shape index (κ2) is 7.74. The van der Waals surface area contributed by atoms with Crippen LogP contribution < -0.4 is 4.31 Å². The molecule has 0 bridgehead atoms. The Labute approximate surface area is 151 Å². The summed E-state index contributed by atoms with van der Waals surface area (Å²) in [6.07, 6.45) is 1.16. The Hall–Kier alpha value is -1.60. The molecular formula is C18H29N3O3S. The van der Waals surface area contributed by atoms with Gasteiger partial charge < -0.3 is 9.80 Å². The largest absolute Gasteiger partial charge is 0.338 e. The van der Waals surface area contributed by atoms with Crippen LogP contribution in [0.1, 0.15) is 25.0 Å². The number of benzene rings is 1. The van der Waals surface area contributed by atoms with E-state index in [0.29, 0.717) is 18.8 Å². The molecule has 1 aliphatic heterocycles. The third-order valence-electron chi connectivity index (χ3n) is 4.66. The Bertz CT molecular complexity index is 705. The van der Waals surface area contributed by atoms with Crippen LogP contribution >= 0.6 is 0 Å². The van der Waals surface area contributed by atoms with E-state index in [-0.39, 0.29) is 5.91 Å². The lowest BCUT2D eigenvalue weighted by atomic mass is 10.1. The fourth-order valence-corrected chi connectivity index (χ4v) is 4.58. The van der Waals surface area contributed by atoms with Crippen molar-refractivity contribution < 1.29 is 13.2 Å². The highest BCUT2D eigenvalue weighted by atomic mass is 32.2. The van der Waals surface area contributed by atoms with E-state index in [0.717, 1.165) is 37.0 Å². The summed E-state index contributed by atoms with van der Waals surface area (Å²) >= 11 is 0. The average Bonchev–Trinajstić information content (AvgIpc) is 2.52. The number of hydrogen-bond acceptors (Lipinski definition) is 4. The van der Waals surface area contributed by atoms with Crippen LogP contribution in [0.3, 0.4) is 0 Å². The number of sulfonamides is 1. The third kappa shape index (κ3) is 4.73. The maximum absolute atomic E-state index is 12.9. The van der Waals surface area contributed by atoms with Crippen LogP contribution in [0.4, 0.5) is 5.69 Å². The first-order chi connectivity index (χ1) is 11.6. The average molecular weight is 368 g/mol. The van der Waals surface area contributed by atoms with Crippen molar-refractivity contribution in [2.24, 2.45) is 0 Å². The molecule has 7 heteroatoms. The van der Waals surface area contributed by atoms with Crippen LogP contribution in [0, 0.1) is 13.8 Å². The minimum absolute atomic E-state index is 0.139. The van der Waals surface area contributed by atoms with Crippen molar-refractivity contribution in [3.8, 4) is 0 Å². The molecule has 2 rings (SSSR count). The van der Waals surface area contributed by atoms with E-state index in [1.807, 2.05) is 32.0 Å². The van der Waals surface area contributed by atoms with Gasteiger partial charge in [0.15, 0.2) is 0 Å². The van der Waals surface area contributed by atoms with Crippen molar-refractivity contribution in [3.05, 3.63) is 29.3 Å². The van der Waals surface area contributed by atoms with E-state index in [1.165, 1.54) is 4.31 Å². The summed E-state index contributed by atoms with van der Waals surface area (Å²) < 4.78 is 26.1. The fourth-order valence-electron chi connectivity index (χ4n) is 3.43. The van der Waals surface area contributed by atoms with Crippen molar-refractivity contribution in [1.29, 1.82) is 0 Å². The summed E-state index contributed by atoms with van der Waals surface area (Å²) in [7, 11) is -3.57. The number of amides is 1. The van der Waals surface area contributed by atoms with Gasteiger partial charge in [0.25, 0.3) is 0 Å². The summed E-state index contributed by atoms with van der Waals surface area (Å²) in [5, 5.41) is 0. The van der Waals surface area contributed by atoms with E-state index in [2.05, 4.69) is 11.8 Å². The first kappa shape index (κ1) is 19.7. The molecule has 1 aromatic carbocycles. The predicted octanol–water partition coefficient (Wildman–Crippen LogP) is 1.62. The van der Waals surface area contributed by atoms with E-state index >= 15 is 0 Å². The van der Waals surface area contributed by atoms with Gasteiger partial charge >= 0.3 is 0 Å². The highest BCUT2D eigenvalue weighted by molar-refractivity contribution is 7.92. The molecule has 1 heterocycles. The number of piperazine rings is 1. The number of nitrogens with zero attached hydrogens (tertiary/aromatic N) is 3. The van der Waals surface area contributed by atoms with Crippen molar-refractivity contribution in [3.63, 3.8) is 0 Å². The summed E-state index contributed by atoms with van der Waals surface area (Å²) in [6.45, 7) is 11.5. The van der Waals surface area contributed by atoms with Crippen LogP contribution in [0.5, 0.6) is 0 Å². The molecular weight excluding hydrogens is 338 g/mol. The van der Waals surface area contributed by atoms with Gasteiger partial charge in [-0.15, -0.1) is 0 Å². The van der Waals surface area contributed by atoms with Gasteiger partial charge in [-0.1, -0.05) is 13.0 Å². The van der Waals surface area contributed by atoms with Crippen LogP contribution in [-0.4, -0.2) is 69.1 Å². The van der Waals surface area contributed by atoms with E-state index < -0.39 is 16.1 Å². The molecule has 0 saturated carbocycles. The van der Waals surface area contributed by atoms with Crippen LogP contribution in [-0.2, 0) is 14.8 Å². The SMILES string of the molecule is CCN1CCN(C(=O)C(C)N(c2cc(C)cc(C)c2)S(C)(=O)=O)CC1. The number of aryl methyl sites for hydroxylation is 2. The lowest BCUT2D eigenvalue weighted by molar-refractivity contribution is -0.133. The Kier molecular flexibility index (Phi) is 6.11. The number of carbonyl (C=O) groups excluding carboxylic acids is 1. The van der Waals surface area contributed by atoms with Crippen LogP contribution in [0.15, 0.2) is 18.2 Å². The molecule has 0 N–H and O–H groups in total. The zero-order chi connectivity index (χ0) is 18.8. The molecule has 1 aliphatic rings. The first-order valence-electron chi connectivity index (χ1n) is 8.72. The van der Waals surface area contributed by atoms with E-state index in [1.54, 1.807) is 11.8 Å². The molecule has 1 fully saturated rings. The number of anilines is 1. The van der Waals surface area contributed by atoms with Gasteiger partial charge in [-0.3, -0.25) is 9.10 Å². The Morgan fingerprint density at radius 1 is 1.12 bits per heavy atom. The van der Waals surface area contributed by atoms with E-state index in [4.69, 9.17) is 0 Å². The van der Waals surface area contributed by atoms with Gasteiger partial charge in [0, 0.05) is 26.2 Å². The van der Waals surface area contributed by atoms with Gasteiger partial charge in [-0.25, -0.2) is 8.42 Å². The molecule has 0 aromatic heterocycles. The molecule has 0 aliphatic carbocycles.